The van der Waals surface area contributed by atoms with E-state index in [1.807, 2.05) is 36.4 Å². The Labute approximate surface area is 199 Å². The summed E-state index contributed by atoms with van der Waals surface area (Å²) in [5, 5.41) is 11.7. The standard InChI is InChI=1S/C26H32N2O6/c1-26(2,3)34-25(32)28-22(23(29)30)14-8-13-21(27)24(31)33-15-20-18-11-6-4-9-16(18)17-10-5-7-12-19(17)20/h4-7,9-12,20-22H,8,13-15,27H2,1-3H3,(H,28,32)(H,29,30)/t21?,22-/m1/s1. The molecule has 8 nitrogen and oxygen atoms in total. The maximum Gasteiger partial charge on any atom is 0.408 e. The Hall–Kier alpha value is -3.39. The zero-order valence-electron chi connectivity index (χ0n) is 19.7. The number of benzene rings is 2. The Morgan fingerprint density at radius 3 is 2.09 bits per heavy atom. The molecule has 0 aromatic heterocycles. The predicted molar refractivity (Wildman–Crippen MR) is 127 cm³/mol. The number of carbonyl (C=O) groups excluding carboxylic acids is 2. The Balaban J connectivity index is 1.50. The quantitative estimate of drug-likeness (QED) is 0.477. The van der Waals surface area contributed by atoms with Gasteiger partial charge in [-0.25, -0.2) is 9.59 Å². The first-order valence-electron chi connectivity index (χ1n) is 11.4. The highest BCUT2D eigenvalue weighted by molar-refractivity contribution is 5.80. The van der Waals surface area contributed by atoms with E-state index in [1.54, 1.807) is 20.8 Å². The molecule has 0 radical (unpaired) electrons. The molecule has 0 aliphatic heterocycles. The summed E-state index contributed by atoms with van der Waals surface area (Å²) in [7, 11) is 0. The number of aliphatic carboxylic acids is 1. The number of alkyl carbamates (subject to hydrolysis) is 1. The highest BCUT2D eigenvalue weighted by Crippen LogP contribution is 2.44. The van der Waals surface area contributed by atoms with E-state index in [1.165, 1.54) is 0 Å². The van der Waals surface area contributed by atoms with Gasteiger partial charge < -0.3 is 25.6 Å². The Kier molecular flexibility index (Phi) is 7.94. The summed E-state index contributed by atoms with van der Waals surface area (Å²) in [6.07, 6.45) is -0.145. The number of amides is 1. The van der Waals surface area contributed by atoms with Crippen molar-refractivity contribution in [1.82, 2.24) is 5.32 Å². The van der Waals surface area contributed by atoms with E-state index in [-0.39, 0.29) is 25.4 Å². The van der Waals surface area contributed by atoms with Gasteiger partial charge in [0, 0.05) is 5.92 Å². The molecule has 2 atom stereocenters. The molecule has 34 heavy (non-hydrogen) atoms. The van der Waals surface area contributed by atoms with E-state index in [2.05, 4.69) is 17.4 Å². The van der Waals surface area contributed by atoms with Crippen molar-refractivity contribution < 1.29 is 29.0 Å². The lowest BCUT2D eigenvalue weighted by Crippen LogP contribution is -2.43. The monoisotopic (exact) mass is 468 g/mol. The van der Waals surface area contributed by atoms with E-state index in [0.29, 0.717) is 6.42 Å². The van der Waals surface area contributed by atoms with Crippen LogP contribution in [-0.4, -0.2) is 47.4 Å². The fraction of sp³-hybridized carbons (Fsp3) is 0.423. The number of carboxylic acid groups (broad SMARTS) is 1. The molecule has 0 bridgehead atoms. The number of rotatable bonds is 9. The lowest BCUT2D eigenvalue weighted by Gasteiger charge is -2.22. The molecule has 2 aromatic carbocycles. The average Bonchev–Trinajstić information content (AvgIpc) is 3.09. The van der Waals surface area contributed by atoms with E-state index < -0.39 is 35.7 Å². The molecule has 182 valence electrons. The molecule has 0 saturated carbocycles. The maximum absolute atomic E-state index is 12.5. The van der Waals surface area contributed by atoms with Crippen LogP contribution in [-0.2, 0) is 19.1 Å². The summed E-state index contributed by atoms with van der Waals surface area (Å²) >= 11 is 0. The number of nitrogens with two attached hydrogens (primary N) is 1. The van der Waals surface area contributed by atoms with Crippen molar-refractivity contribution in [2.24, 2.45) is 5.73 Å². The minimum Gasteiger partial charge on any atom is -0.480 e. The number of esters is 1. The molecule has 2 aromatic rings. The van der Waals surface area contributed by atoms with Gasteiger partial charge in [-0.05, 0) is 62.3 Å². The number of ether oxygens (including phenoxy) is 2. The molecule has 8 heteroatoms. The van der Waals surface area contributed by atoms with Crippen LogP contribution in [0.3, 0.4) is 0 Å². The van der Waals surface area contributed by atoms with Gasteiger partial charge in [0.2, 0.25) is 0 Å². The first-order valence-corrected chi connectivity index (χ1v) is 11.4. The molecule has 0 saturated heterocycles. The Morgan fingerprint density at radius 1 is 1.00 bits per heavy atom. The normalized spacial score (nSPS) is 14.5. The number of hydrogen-bond donors (Lipinski definition) is 3. The SMILES string of the molecule is CC(C)(C)OC(=O)N[C@H](CCCC(N)C(=O)OCC1c2ccccc2-c2ccccc21)C(=O)O. The second-order valence-electron chi connectivity index (χ2n) is 9.43. The molecule has 1 amide bonds. The van der Waals surface area contributed by atoms with Crippen LogP contribution in [0.25, 0.3) is 11.1 Å². The van der Waals surface area contributed by atoms with Crippen molar-refractivity contribution in [3.63, 3.8) is 0 Å². The van der Waals surface area contributed by atoms with Gasteiger partial charge >= 0.3 is 18.0 Å². The molecule has 0 heterocycles. The van der Waals surface area contributed by atoms with E-state index in [0.717, 1.165) is 22.3 Å². The minimum absolute atomic E-state index is 0.0574. The molecule has 1 aliphatic carbocycles. The van der Waals surface area contributed by atoms with Gasteiger partial charge in [-0.15, -0.1) is 0 Å². The molecule has 0 spiro atoms. The highest BCUT2D eigenvalue weighted by atomic mass is 16.6. The second-order valence-corrected chi connectivity index (χ2v) is 9.43. The van der Waals surface area contributed by atoms with Crippen LogP contribution in [0.2, 0.25) is 0 Å². The van der Waals surface area contributed by atoms with Crippen molar-refractivity contribution in [2.45, 2.75) is 63.6 Å². The number of fused-ring (bicyclic) bond motifs is 3. The van der Waals surface area contributed by atoms with E-state index in [9.17, 15) is 19.5 Å². The van der Waals surface area contributed by atoms with Crippen LogP contribution in [0, 0.1) is 0 Å². The fourth-order valence-corrected chi connectivity index (χ4v) is 4.08. The van der Waals surface area contributed by atoms with Gasteiger partial charge in [0.25, 0.3) is 0 Å². The number of carboxylic acids is 1. The Bertz CT molecular complexity index is 1000. The van der Waals surface area contributed by atoms with Crippen molar-refractivity contribution in [1.29, 1.82) is 0 Å². The predicted octanol–water partition coefficient (Wildman–Crippen LogP) is 3.82. The van der Waals surface area contributed by atoms with Crippen molar-refractivity contribution >= 4 is 18.0 Å². The number of nitrogens with one attached hydrogen (secondary N) is 1. The molecular formula is C26H32N2O6. The summed E-state index contributed by atoms with van der Waals surface area (Å²) in [6, 6.07) is 14.1. The zero-order chi connectivity index (χ0) is 24.9. The van der Waals surface area contributed by atoms with Crippen LogP contribution < -0.4 is 11.1 Å². The topological polar surface area (TPSA) is 128 Å². The van der Waals surface area contributed by atoms with Crippen LogP contribution in [0.4, 0.5) is 4.79 Å². The number of hydrogen-bond acceptors (Lipinski definition) is 6. The zero-order valence-corrected chi connectivity index (χ0v) is 19.7. The molecule has 3 rings (SSSR count). The maximum atomic E-state index is 12.5. The van der Waals surface area contributed by atoms with Gasteiger partial charge in [-0.1, -0.05) is 48.5 Å². The van der Waals surface area contributed by atoms with Gasteiger partial charge in [0.15, 0.2) is 0 Å². The third kappa shape index (κ3) is 6.35. The van der Waals surface area contributed by atoms with Gasteiger partial charge in [0.05, 0.1) is 0 Å². The minimum atomic E-state index is -1.18. The lowest BCUT2D eigenvalue weighted by atomic mass is 9.98. The summed E-state index contributed by atoms with van der Waals surface area (Å²) in [6.45, 7) is 5.25. The third-order valence-corrected chi connectivity index (χ3v) is 5.65. The average molecular weight is 469 g/mol. The van der Waals surface area contributed by atoms with Crippen molar-refractivity contribution in [3.05, 3.63) is 59.7 Å². The Morgan fingerprint density at radius 2 is 1.56 bits per heavy atom. The fourth-order valence-electron chi connectivity index (χ4n) is 4.08. The molecule has 1 aliphatic rings. The van der Waals surface area contributed by atoms with Gasteiger partial charge in [-0.2, -0.15) is 0 Å². The number of carbonyl (C=O) groups is 3. The lowest BCUT2D eigenvalue weighted by molar-refractivity contribution is -0.145. The van der Waals surface area contributed by atoms with Crippen molar-refractivity contribution in [2.75, 3.05) is 6.61 Å². The van der Waals surface area contributed by atoms with Crippen LogP contribution in [0.5, 0.6) is 0 Å². The van der Waals surface area contributed by atoms with Gasteiger partial charge in [0.1, 0.15) is 24.3 Å². The van der Waals surface area contributed by atoms with Crippen LogP contribution in [0.15, 0.2) is 48.5 Å². The second kappa shape index (κ2) is 10.7. The highest BCUT2D eigenvalue weighted by Gasteiger charge is 2.30. The molecule has 0 fully saturated rings. The van der Waals surface area contributed by atoms with Crippen LogP contribution >= 0.6 is 0 Å². The summed E-state index contributed by atoms with van der Waals surface area (Å²) < 4.78 is 10.7. The molecule has 4 N–H and O–H groups in total. The van der Waals surface area contributed by atoms with Crippen molar-refractivity contribution in [3.8, 4) is 11.1 Å². The van der Waals surface area contributed by atoms with Crippen LogP contribution in [0.1, 0.15) is 57.1 Å². The summed E-state index contributed by atoms with van der Waals surface area (Å²) in [4.78, 5) is 35.9. The first-order chi connectivity index (χ1) is 16.1. The van der Waals surface area contributed by atoms with E-state index in [4.69, 9.17) is 15.2 Å². The summed E-state index contributed by atoms with van der Waals surface area (Å²) in [5.41, 5.74) is 9.77. The first kappa shape index (κ1) is 25.2. The third-order valence-electron chi connectivity index (χ3n) is 5.65. The van der Waals surface area contributed by atoms with Gasteiger partial charge in [-0.3, -0.25) is 4.79 Å². The van der Waals surface area contributed by atoms with E-state index >= 15 is 0 Å². The molecule has 1 unspecified atom stereocenters. The summed E-state index contributed by atoms with van der Waals surface area (Å²) in [5.74, 6) is -1.77. The molecular weight excluding hydrogens is 436 g/mol. The largest absolute Gasteiger partial charge is 0.480 e. The smallest absolute Gasteiger partial charge is 0.408 e.